The van der Waals surface area contributed by atoms with Gasteiger partial charge in [-0.1, -0.05) is 0 Å². The average molecular weight is 590 g/mol. The van der Waals surface area contributed by atoms with Crippen LogP contribution in [0.2, 0.25) is 0 Å². The fourth-order valence-electron chi connectivity index (χ4n) is 3.66. The lowest BCUT2D eigenvalue weighted by molar-refractivity contribution is -0.257. The van der Waals surface area contributed by atoms with Gasteiger partial charge in [-0.25, -0.2) is 0 Å². The van der Waals surface area contributed by atoms with Crippen LogP contribution in [0.3, 0.4) is 0 Å². The second-order valence-corrected chi connectivity index (χ2v) is 10.1. The molecule has 1 aliphatic heterocycles. The van der Waals surface area contributed by atoms with E-state index in [1.807, 2.05) is 0 Å². The maximum atomic E-state index is 12.8. The number of ether oxygens (including phenoxy) is 6. The van der Waals surface area contributed by atoms with E-state index in [9.17, 15) is 33.6 Å². The number of nitrogens with two attached hydrogens (primary N) is 1. The Morgan fingerprint density at radius 3 is 1.88 bits per heavy atom. The predicted octanol–water partition coefficient (Wildman–Crippen LogP) is -1.25. The topological polar surface area (TPSA) is 225 Å². The molecule has 6 atom stereocenters. The molecule has 1 rings (SSSR count). The molecule has 2 amide bonds. The summed E-state index contributed by atoms with van der Waals surface area (Å²) in [5.74, 6) is -5.23. The van der Waals surface area contributed by atoms with Crippen molar-refractivity contribution in [2.45, 2.75) is 104 Å². The normalized spacial score (nSPS) is 22.8. The Kier molecular flexibility index (Phi) is 13.6. The monoisotopic (exact) mass is 589 g/mol. The first-order valence-electron chi connectivity index (χ1n) is 12.7. The minimum absolute atomic E-state index is 0.155. The van der Waals surface area contributed by atoms with Gasteiger partial charge in [0.05, 0.1) is 6.04 Å². The molecule has 1 fully saturated rings. The van der Waals surface area contributed by atoms with Gasteiger partial charge < -0.3 is 44.8 Å². The zero-order chi connectivity index (χ0) is 31.5. The minimum Gasteiger partial charge on any atom is -0.463 e. The molecule has 0 saturated carbocycles. The van der Waals surface area contributed by atoms with Crippen molar-refractivity contribution >= 4 is 41.7 Å². The minimum atomic E-state index is -1.48. The first kappa shape index (κ1) is 35.2. The summed E-state index contributed by atoms with van der Waals surface area (Å²) >= 11 is 0. The SMILES string of the molecule is CC(=O)OC[C@H]1O[C@@H](NC(=O)CC[C@H](N)C(=O)NCC(=O)OC(C)(C)C)[C@H](OC(C)=O)[C@@H](OC(C)=O)[C@@H]1OC(C)=O. The molecule has 1 saturated heterocycles. The van der Waals surface area contributed by atoms with Crippen LogP contribution in [0.4, 0.5) is 0 Å². The van der Waals surface area contributed by atoms with Crippen molar-refractivity contribution in [1.29, 1.82) is 0 Å². The lowest BCUT2D eigenvalue weighted by Crippen LogP contribution is -2.66. The van der Waals surface area contributed by atoms with Crippen molar-refractivity contribution < 1.29 is 62.0 Å². The van der Waals surface area contributed by atoms with Gasteiger partial charge in [-0.3, -0.25) is 33.6 Å². The fourth-order valence-corrected chi connectivity index (χ4v) is 3.66. The van der Waals surface area contributed by atoms with Crippen molar-refractivity contribution in [3.63, 3.8) is 0 Å². The summed E-state index contributed by atoms with van der Waals surface area (Å²) in [7, 11) is 0. The molecule has 41 heavy (non-hydrogen) atoms. The van der Waals surface area contributed by atoms with E-state index in [1.165, 1.54) is 0 Å². The Bertz CT molecular complexity index is 994. The maximum Gasteiger partial charge on any atom is 0.325 e. The Hall–Kier alpha value is -3.79. The van der Waals surface area contributed by atoms with Crippen LogP contribution < -0.4 is 16.4 Å². The number of carbonyl (C=O) groups excluding carboxylic acids is 7. The van der Waals surface area contributed by atoms with Crippen LogP contribution in [0.1, 0.15) is 61.3 Å². The highest BCUT2D eigenvalue weighted by Gasteiger charge is 2.52. The van der Waals surface area contributed by atoms with E-state index >= 15 is 0 Å². The molecule has 0 aromatic rings. The van der Waals surface area contributed by atoms with Gasteiger partial charge in [-0.05, 0) is 27.2 Å². The van der Waals surface area contributed by atoms with Gasteiger partial charge in [0.25, 0.3) is 0 Å². The van der Waals surface area contributed by atoms with Crippen LogP contribution in [-0.2, 0) is 62.0 Å². The van der Waals surface area contributed by atoms with Crippen LogP contribution in [0, 0.1) is 0 Å². The van der Waals surface area contributed by atoms with Crippen molar-refractivity contribution in [3.05, 3.63) is 0 Å². The van der Waals surface area contributed by atoms with E-state index in [4.69, 9.17) is 34.2 Å². The molecule has 232 valence electrons. The summed E-state index contributed by atoms with van der Waals surface area (Å²) in [6.45, 7) is 8.46. The van der Waals surface area contributed by atoms with Crippen LogP contribution in [0.25, 0.3) is 0 Å². The number of amides is 2. The molecule has 0 radical (unpaired) electrons. The second-order valence-electron chi connectivity index (χ2n) is 10.1. The third-order valence-electron chi connectivity index (χ3n) is 5.14. The first-order chi connectivity index (χ1) is 18.9. The summed E-state index contributed by atoms with van der Waals surface area (Å²) in [5, 5.41) is 4.80. The van der Waals surface area contributed by atoms with E-state index < -0.39 is 97.1 Å². The number of rotatable bonds is 12. The highest BCUT2D eigenvalue weighted by atomic mass is 16.7. The van der Waals surface area contributed by atoms with Gasteiger partial charge in [0, 0.05) is 34.1 Å². The molecule has 16 nitrogen and oxygen atoms in total. The van der Waals surface area contributed by atoms with Crippen molar-refractivity contribution in [2.75, 3.05) is 13.2 Å². The molecule has 0 aromatic carbocycles. The van der Waals surface area contributed by atoms with Crippen LogP contribution in [-0.4, -0.2) is 97.1 Å². The molecule has 4 N–H and O–H groups in total. The highest BCUT2D eigenvalue weighted by Crippen LogP contribution is 2.28. The molecule has 0 spiro atoms. The summed E-state index contributed by atoms with van der Waals surface area (Å²) < 4.78 is 31.7. The second kappa shape index (κ2) is 15.9. The Morgan fingerprint density at radius 2 is 1.37 bits per heavy atom. The van der Waals surface area contributed by atoms with E-state index in [0.717, 1.165) is 27.7 Å². The van der Waals surface area contributed by atoms with Crippen molar-refractivity contribution in [1.82, 2.24) is 10.6 Å². The van der Waals surface area contributed by atoms with Gasteiger partial charge in [0.2, 0.25) is 11.8 Å². The Labute approximate surface area is 237 Å². The number of hydrogen-bond acceptors (Lipinski definition) is 14. The zero-order valence-electron chi connectivity index (χ0n) is 24.2. The third-order valence-corrected chi connectivity index (χ3v) is 5.14. The molecule has 0 aliphatic carbocycles. The van der Waals surface area contributed by atoms with Gasteiger partial charge in [-0.15, -0.1) is 0 Å². The molecule has 0 bridgehead atoms. The summed E-state index contributed by atoms with van der Waals surface area (Å²) in [6, 6.07) is -1.17. The largest absolute Gasteiger partial charge is 0.463 e. The molecule has 1 aliphatic rings. The summed E-state index contributed by atoms with van der Waals surface area (Å²) in [4.78, 5) is 83.8. The summed E-state index contributed by atoms with van der Waals surface area (Å²) in [6.07, 6.45) is -7.49. The van der Waals surface area contributed by atoms with Crippen LogP contribution in [0.5, 0.6) is 0 Å². The van der Waals surface area contributed by atoms with Crippen molar-refractivity contribution in [2.24, 2.45) is 5.73 Å². The zero-order valence-corrected chi connectivity index (χ0v) is 24.2. The van der Waals surface area contributed by atoms with Gasteiger partial charge in [0.15, 0.2) is 24.5 Å². The molecule has 16 heteroatoms. The number of hydrogen-bond donors (Lipinski definition) is 3. The molecule has 1 heterocycles. The number of nitrogens with one attached hydrogen (secondary N) is 2. The lowest BCUT2D eigenvalue weighted by Gasteiger charge is -2.44. The Balaban J connectivity index is 3.00. The molecule has 0 aromatic heterocycles. The van der Waals surface area contributed by atoms with E-state index in [0.29, 0.717) is 0 Å². The smallest absolute Gasteiger partial charge is 0.325 e. The van der Waals surface area contributed by atoms with Gasteiger partial charge in [0.1, 0.15) is 24.9 Å². The third kappa shape index (κ3) is 13.4. The lowest BCUT2D eigenvalue weighted by atomic mass is 9.97. The molecule has 0 unspecified atom stereocenters. The van der Waals surface area contributed by atoms with E-state index in [1.54, 1.807) is 20.8 Å². The summed E-state index contributed by atoms with van der Waals surface area (Å²) in [5.41, 5.74) is 5.10. The average Bonchev–Trinajstić information content (AvgIpc) is 2.81. The van der Waals surface area contributed by atoms with Crippen LogP contribution in [0.15, 0.2) is 0 Å². The quantitative estimate of drug-likeness (QED) is 0.179. The predicted molar refractivity (Wildman–Crippen MR) is 136 cm³/mol. The maximum absolute atomic E-state index is 12.8. The van der Waals surface area contributed by atoms with Crippen LogP contribution >= 0.6 is 0 Å². The van der Waals surface area contributed by atoms with Gasteiger partial charge in [-0.2, -0.15) is 0 Å². The molecular formula is C25H39N3O13. The van der Waals surface area contributed by atoms with Crippen molar-refractivity contribution in [3.8, 4) is 0 Å². The fraction of sp³-hybridized carbons (Fsp3) is 0.720. The number of carbonyl (C=O) groups is 7. The molecular weight excluding hydrogens is 550 g/mol. The number of esters is 5. The van der Waals surface area contributed by atoms with E-state index in [-0.39, 0.29) is 12.8 Å². The van der Waals surface area contributed by atoms with E-state index in [2.05, 4.69) is 10.6 Å². The van der Waals surface area contributed by atoms with Gasteiger partial charge >= 0.3 is 29.8 Å². The highest BCUT2D eigenvalue weighted by molar-refractivity contribution is 5.86. The Morgan fingerprint density at radius 1 is 0.829 bits per heavy atom. The standard InChI is InChI=1S/C25H39N3O13/c1-12(29)36-11-17-20(37-13(2)30)21(38-14(3)31)22(39-15(4)32)24(40-17)28-18(33)9-8-16(26)23(35)27-10-19(34)41-25(5,6)7/h16-17,20-22,24H,8-11,26H2,1-7H3,(H,27,35)(H,28,33)/t16-,17+,20+,21-,22+,24+/m0/s1. The first-order valence-corrected chi connectivity index (χ1v) is 12.7.